The lowest BCUT2D eigenvalue weighted by Crippen LogP contribution is -2.17. The molecule has 1 aromatic rings. The van der Waals surface area contributed by atoms with E-state index in [1.807, 2.05) is 23.9 Å². The Kier molecular flexibility index (Phi) is 3.82. The Balaban J connectivity index is 1.96. The predicted molar refractivity (Wildman–Crippen MR) is 61.7 cm³/mol. The Morgan fingerprint density at radius 1 is 1.47 bits per heavy atom. The number of aromatic nitrogens is 1. The first-order chi connectivity index (χ1) is 7.38. The number of ether oxygens (including phenoxy) is 1. The standard InChI is InChI=1S/C10H15N3OS/c11-13-10-7-9(1-4-12-10)15-8-2-5-14-6-3-8/h1,4,7-8H,2-3,5-6,11H2,(H,12,13). The van der Waals surface area contributed by atoms with Crippen LogP contribution >= 0.6 is 11.8 Å². The minimum atomic E-state index is 0.659. The highest BCUT2D eigenvalue weighted by Gasteiger charge is 2.14. The van der Waals surface area contributed by atoms with Crippen LogP contribution < -0.4 is 11.3 Å². The lowest BCUT2D eigenvalue weighted by Gasteiger charge is -2.21. The number of nitrogens with one attached hydrogen (secondary N) is 1. The van der Waals surface area contributed by atoms with Crippen LogP contribution in [0.2, 0.25) is 0 Å². The average molecular weight is 225 g/mol. The van der Waals surface area contributed by atoms with Crippen molar-refractivity contribution in [3.8, 4) is 0 Å². The summed E-state index contributed by atoms with van der Waals surface area (Å²) in [4.78, 5) is 5.29. The fourth-order valence-electron chi connectivity index (χ4n) is 1.55. The Morgan fingerprint density at radius 2 is 2.27 bits per heavy atom. The van der Waals surface area contributed by atoms with Crippen LogP contribution in [0.1, 0.15) is 12.8 Å². The molecule has 1 aliphatic heterocycles. The molecule has 1 aliphatic rings. The number of pyridine rings is 1. The molecule has 1 fully saturated rings. The summed E-state index contributed by atoms with van der Waals surface area (Å²) < 4.78 is 5.32. The van der Waals surface area contributed by atoms with E-state index in [9.17, 15) is 0 Å². The number of nitrogens with two attached hydrogens (primary N) is 1. The number of anilines is 1. The largest absolute Gasteiger partial charge is 0.381 e. The van der Waals surface area contributed by atoms with E-state index in [0.717, 1.165) is 26.1 Å². The lowest BCUT2D eigenvalue weighted by molar-refractivity contribution is 0.100. The van der Waals surface area contributed by atoms with Crippen LogP contribution in [0.5, 0.6) is 0 Å². The number of nitrogens with zero attached hydrogens (tertiary/aromatic N) is 1. The van der Waals surface area contributed by atoms with Gasteiger partial charge in [0.25, 0.3) is 0 Å². The summed E-state index contributed by atoms with van der Waals surface area (Å²) in [5.41, 5.74) is 2.56. The molecule has 1 aromatic heterocycles. The zero-order chi connectivity index (χ0) is 10.5. The zero-order valence-corrected chi connectivity index (χ0v) is 9.30. The summed E-state index contributed by atoms with van der Waals surface area (Å²) in [6.07, 6.45) is 4.02. The summed E-state index contributed by atoms with van der Waals surface area (Å²) in [6.45, 7) is 1.76. The van der Waals surface area contributed by atoms with E-state index < -0.39 is 0 Å². The van der Waals surface area contributed by atoms with Crippen LogP contribution in [0, 0.1) is 0 Å². The maximum Gasteiger partial charge on any atom is 0.140 e. The molecule has 1 saturated heterocycles. The molecule has 3 N–H and O–H groups in total. The Labute approximate surface area is 93.6 Å². The van der Waals surface area contributed by atoms with Gasteiger partial charge in [-0.3, -0.25) is 0 Å². The molecule has 0 radical (unpaired) electrons. The smallest absolute Gasteiger partial charge is 0.140 e. The monoisotopic (exact) mass is 225 g/mol. The molecule has 0 aromatic carbocycles. The van der Waals surface area contributed by atoms with Crippen molar-refractivity contribution in [2.45, 2.75) is 23.0 Å². The summed E-state index contributed by atoms with van der Waals surface area (Å²) in [7, 11) is 0. The van der Waals surface area contributed by atoms with Crippen molar-refractivity contribution in [3.05, 3.63) is 18.3 Å². The van der Waals surface area contributed by atoms with E-state index >= 15 is 0 Å². The van der Waals surface area contributed by atoms with Crippen molar-refractivity contribution in [2.24, 2.45) is 5.84 Å². The fourth-order valence-corrected chi connectivity index (χ4v) is 2.68. The molecule has 82 valence electrons. The van der Waals surface area contributed by atoms with E-state index in [-0.39, 0.29) is 0 Å². The van der Waals surface area contributed by atoms with Gasteiger partial charge in [-0.15, -0.1) is 11.8 Å². The van der Waals surface area contributed by atoms with Crippen molar-refractivity contribution in [3.63, 3.8) is 0 Å². The molecular formula is C10H15N3OS. The predicted octanol–water partition coefficient (Wildman–Crippen LogP) is 1.64. The summed E-state index contributed by atoms with van der Waals surface area (Å²) in [5.74, 6) is 6.02. The van der Waals surface area contributed by atoms with Crippen LogP contribution in [0.15, 0.2) is 23.2 Å². The minimum Gasteiger partial charge on any atom is -0.381 e. The highest BCUT2D eigenvalue weighted by molar-refractivity contribution is 8.00. The minimum absolute atomic E-state index is 0.659. The van der Waals surface area contributed by atoms with Gasteiger partial charge < -0.3 is 10.2 Å². The van der Waals surface area contributed by atoms with Gasteiger partial charge in [-0.2, -0.15) is 0 Å². The molecule has 4 nitrogen and oxygen atoms in total. The van der Waals surface area contributed by atoms with Gasteiger partial charge in [0, 0.05) is 29.6 Å². The lowest BCUT2D eigenvalue weighted by atomic mass is 10.2. The number of hydrogen-bond acceptors (Lipinski definition) is 5. The summed E-state index contributed by atoms with van der Waals surface area (Å²) in [5, 5.41) is 0.659. The highest BCUT2D eigenvalue weighted by Crippen LogP contribution is 2.30. The van der Waals surface area contributed by atoms with Gasteiger partial charge in [-0.1, -0.05) is 0 Å². The maximum absolute atomic E-state index is 5.32. The highest BCUT2D eigenvalue weighted by atomic mass is 32.2. The van der Waals surface area contributed by atoms with E-state index in [4.69, 9.17) is 10.6 Å². The first-order valence-electron chi connectivity index (χ1n) is 5.05. The third-order valence-corrected chi connectivity index (χ3v) is 3.68. The van der Waals surface area contributed by atoms with Gasteiger partial charge in [-0.05, 0) is 25.0 Å². The van der Waals surface area contributed by atoms with Gasteiger partial charge in [0.15, 0.2) is 0 Å². The van der Waals surface area contributed by atoms with E-state index in [0.29, 0.717) is 11.1 Å². The number of nitrogen functional groups attached to an aromatic ring is 1. The maximum atomic E-state index is 5.32. The molecular weight excluding hydrogens is 210 g/mol. The third kappa shape index (κ3) is 3.09. The first kappa shape index (κ1) is 10.7. The van der Waals surface area contributed by atoms with Crippen molar-refractivity contribution in [1.82, 2.24) is 4.98 Å². The first-order valence-corrected chi connectivity index (χ1v) is 5.93. The molecule has 0 bridgehead atoms. The molecule has 2 rings (SSSR count). The Morgan fingerprint density at radius 3 is 3.00 bits per heavy atom. The van der Waals surface area contributed by atoms with Crippen LogP contribution in [-0.2, 0) is 4.74 Å². The molecule has 0 spiro atoms. The molecule has 5 heteroatoms. The second-order valence-electron chi connectivity index (χ2n) is 3.45. The number of hydrogen-bond donors (Lipinski definition) is 2. The fraction of sp³-hybridized carbons (Fsp3) is 0.500. The molecule has 0 saturated carbocycles. The normalized spacial score (nSPS) is 17.7. The second-order valence-corrected chi connectivity index (χ2v) is 4.82. The van der Waals surface area contributed by atoms with Crippen LogP contribution in [0.25, 0.3) is 0 Å². The van der Waals surface area contributed by atoms with Crippen molar-refractivity contribution in [1.29, 1.82) is 0 Å². The summed E-state index contributed by atoms with van der Waals surface area (Å²) in [6, 6.07) is 3.99. The molecule has 0 unspecified atom stereocenters. The van der Waals surface area contributed by atoms with Gasteiger partial charge in [0.1, 0.15) is 5.82 Å². The second kappa shape index (κ2) is 5.34. The SMILES string of the molecule is NNc1cc(SC2CCOCC2)ccn1. The van der Waals surface area contributed by atoms with Gasteiger partial charge in [0.05, 0.1) is 0 Å². The van der Waals surface area contributed by atoms with E-state index in [1.54, 1.807) is 6.20 Å². The van der Waals surface area contributed by atoms with E-state index in [1.165, 1.54) is 4.90 Å². The molecule has 15 heavy (non-hydrogen) atoms. The number of rotatable bonds is 3. The van der Waals surface area contributed by atoms with Crippen LogP contribution in [-0.4, -0.2) is 23.4 Å². The van der Waals surface area contributed by atoms with Crippen molar-refractivity contribution >= 4 is 17.6 Å². The van der Waals surface area contributed by atoms with Gasteiger partial charge in [-0.25, -0.2) is 10.8 Å². The molecule has 0 aliphatic carbocycles. The van der Waals surface area contributed by atoms with Gasteiger partial charge >= 0.3 is 0 Å². The number of thioether (sulfide) groups is 1. The molecule has 0 amide bonds. The van der Waals surface area contributed by atoms with Crippen molar-refractivity contribution < 1.29 is 4.74 Å². The zero-order valence-electron chi connectivity index (χ0n) is 8.48. The van der Waals surface area contributed by atoms with Crippen molar-refractivity contribution in [2.75, 3.05) is 18.6 Å². The third-order valence-electron chi connectivity index (χ3n) is 2.35. The Hall–Kier alpha value is -0.780. The number of hydrazine groups is 1. The average Bonchev–Trinajstić information content (AvgIpc) is 2.31. The topological polar surface area (TPSA) is 60.2 Å². The summed E-state index contributed by atoms with van der Waals surface area (Å²) >= 11 is 1.88. The quantitative estimate of drug-likeness (QED) is 0.605. The van der Waals surface area contributed by atoms with Gasteiger partial charge in [0.2, 0.25) is 0 Å². The van der Waals surface area contributed by atoms with Crippen LogP contribution in [0.3, 0.4) is 0 Å². The Bertz CT molecular complexity index is 315. The van der Waals surface area contributed by atoms with Crippen LogP contribution in [0.4, 0.5) is 5.82 Å². The molecule has 2 heterocycles. The molecule has 0 atom stereocenters. The van der Waals surface area contributed by atoms with E-state index in [2.05, 4.69) is 10.4 Å².